The first-order valence-electron chi connectivity index (χ1n) is 6.82. The first-order valence-corrected chi connectivity index (χ1v) is 6.82. The fraction of sp³-hybridized carbons (Fsp3) is 0.267. The number of imidazole rings is 1. The summed E-state index contributed by atoms with van der Waals surface area (Å²) in [5.41, 5.74) is 2.20. The van der Waals surface area contributed by atoms with E-state index in [9.17, 15) is 0 Å². The minimum absolute atomic E-state index is 0.542. The smallest absolute Gasteiger partial charge is 0.240 e. The Hall–Kier alpha value is -2.47. The summed E-state index contributed by atoms with van der Waals surface area (Å²) >= 11 is 0. The quantitative estimate of drug-likeness (QED) is 0.777. The molecule has 0 amide bonds. The maximum Gasteiger partial charge on any atom is 0.240 e. The number of benzene rings is 1. The highest BCUT2D eigenvalue weighted by molar-refractivity contribution is 5.35. The molecule has 3 rings (SSSR count). The maximum atomic E-state index is 5.08. The first-order chi connectivity index (χ1) is 10.2. The van der Waals surface area contributed by atoms with Crippen LogP contribution in [0.4, 0.5) is 0 Å². The summed E-state index contributed by atoms with van der Waals surface area (Å²) in [6.45, 7) is 5.02. The van der Waals surface area contributed by atoms with E-state index in [4.69, 9.17) is 4.52 Å². The fourth-order valence-corrected chi connectivity index (χ4v) is 2.25. The Labute approximate surface area is 122 Å². The van der Waals surface area contributed by atoms with Gasteiger partial charge in [0, 0.05) is 12.2 Å². The average Bonchev–Trinajstić information content (AvgIpc) is 3.06. The van der Waals surface area contributed by atoms with E-state index in [1.54, 1.807) is 6.92 Å². The van der Waals surface area contributed by atoms with Gasteiger partial charge in [-0.25, -0.2) is 4.98 Å². The summed E-state index contributed by atoms with van der Waals surface area (Å²) in [7, 11) is 0. The molecule has 1 N–H and O–H groups in total. The minimum atomic E-state index is 0.542. The molecule has 3 aromatic rings. The van der Waals surface area contributed by atoms with Crippen LogP contribution < -0.4 is 5.32 Å². The van der Waals surface area contributed by atoms with Crippen molar-refractivity contribution in [3.63, 3.8) is 0 Å². The van der Waals surface area contributed by atoms with E-state index >= 15 is 0 Å². The van der Waals surface area contributed by atoms with Gasteiger partial charge in [0.15, 0.2) is 5.82 Å². The topological polar surface area (TPSA) is 68.8 Å². The molecule has 108 valence electrons. The Balaban J connectivity index is 1.72. The summed E-state index contributed by atoms with van der Waals surface area (Å²) < 4.78 is 7.21. The SMILES string of the molecule is Cc1noc(CNCc2cnc(C)n2-c2ccccc2)n1. The molecule has 0 unspecified atom stereocenters. The van der Waals surface area contributed by atoms with Crippen molar-refractivity contribution in [2.24, 2.45) is 0 Å². The van der Waals surface area contributed by atoms with Crippen LogP contribution in [-0.2, 0) is 13.1 Å². The highest BCUT2D eigenvalue weighted by Crippen LogP contribution is 2.14. The molecule has 2 heterocycles. The molecule has 0 saturated heterocycles. The van der Waals surface area contributed by atoms with Gasteiger partial charge in [-0.2, -0.15) is 4.98 Å². The zero-order valence-corrected chi connectivity index (χ0v) is 12.1. The van der Waals surface area contributed by atoms with Crippen LogP contribution >= 0.6 is 0 Å². The van der Waals surface area contributed by atoms with E-state index in [0.717, 1.165) is 17.2 Å². The van der Waals surface area contributed by atoms with Crippen molar-refractivity contribution in [1.82, 2.24) is 25.0 Å². The molecule has 0 aliphatic rings. The Kier molecular flexibility index (Phi) is 3.79. The molecular formula is C15H17N5O. The van der Waals surface area contributed by atoms with Crippen LogP contribution in [0.2, 0.25) is 0 Å². The third-order valence-electron chi connectivity index (χ3n) is 3.18. The number of aryl methyl sites for hydroxylation is 2. The van der Waals surface area contributed by atoms with Crippen LogP contribution in [0.15, 0.2) is 41.1 Å². The van der Waals surface area contributed by atoms with Gasteiger partial charge in [0.1, 0.15) is 5.82 Å². The van der Waals surface area contributed by atoms with E-state index < -0.39 is 0 Å². The molecule has 6 nitrogen and oxygen atoms in total. The van der Waals surface area contributed by atoms with Crippen molar-refractivity contribution in [3.8, 4) is 5.69 Å². The summed E-state index contributed by atoms with van der Waals surface area (Å²) in [5, 5.41) is 7.07. The van der Waals surface area contributed by atoms with Gasteiger partial charge >= 0.3 is 0 Å². The minimum Gasteiger partial charge on any atom is -0.338 e. The first kappa shape index (κ1) is 13.5. The summed E-state index contributed by atoms with van der Waals surface area (Å²) in [4.78, 5) is 8.56. The molecular weight excluding hydrogens is 266 g/mol. The van der Waals surface area contributed by atoms with E-state index in [0.29, 0.717) is 24.8 Å². The van der Waals surface area contributed by atoms with Gasteiger partial charge in [0.2, 0.25) is 5.89 Å². The van der Waals surface area contributed by atoms with Gasteiger partial charge in [0.25, 0.3) is 0 Å². The van der Waals surface area contributed by atoms with E-state index in [1.165, 1.54) is 0 Å². The molecule has 0 bridgehead atoms. The zero-order chi connectivity index (χ0) is 14.7. The van der Waals surface area contributed by atoms with Gasteiger partial charge in [-0.15, -0.1) is 0 Å². The number of nitrogens with zero attached hydrogens (tertiary/aromatic N) is 4. The van der Waals surface area contributed by atoms with Crippen molar-refractivity contribution >= 4 is 0 Å². The lowest BCUT2D eigenvalue weighted by atomic mass is 10.3. The number of para-hydroxylation sites is 1. The summed E-state index contributed by atoms with van der Waals surface area (Å²) in [6, 6.07) is 10.2. The number of aromatic nitrogens is 4. The third kappa shape index (κ3) is 3.00. The standard InChI is InChI=1S/C15H17N5O/c1-11-18-15(21-19-11)10-16-8-14-9-17-12(2)20(14)13-6-4-3-5-7-13/h3-7,9,16H,8,10H2,1-2H3. The summed E-state index contributed by atoms with van der Waals surface area (Å²) in [6.07, 6.45) is 1.88. The molecule has 0 radical (unpaired) electrons. The Bertz CT molecular complexity index is 717. The van der Waals surface area contributed by atoms with Crippen molar-refractivity contribution in [1.29, 1.82) is 0 Å². The van der Waals surface area contributed by atoms with Gasteiger partial charge in [0.05, 0.1) is 18.4 Å². The molecule has 2 aromatic heterocycles. The van der Waals surface area contributed by atoms with Crippen molar-refractivity contribution in [3.05, 3.63) is 59.8 Å². The second-order valence-corrected chi connectivity index (χ2v) is 4.81. The predicted octanol–water partition coefficient (Wildman–Crippen LogP) is 2.16. The van der Waals surface area contributed by atoms with Crippen molar-refractivity contribution in [2.75, 3.05) is 0 Å². The van der Waals surface area contributed by atoms with Gasteiger partial charge in [-0.05, 0) is 26.0 Å². The van der Waals surface area contributed by atoms with Crippen LogP contribution in [0.5, 0.6) is 0 Å². The van der Waals surface area contributed by atoms with E-state index in [2.05, 4.69) is 37.1 Å². The maximum absolute atomic E-state index is 5.08. The number of rotatable bonds is 5. The van der Waals surface area contributed by atoms with Gasteiger partial charge in [-0.3, -0.25) is 4.57 Å². The Morgan fingerprint density at radius 3 is 2.67 bits per heavy atom. The van der Waals surface area contributed by atoms with Crippen LogP contribution in [0.3, 0.4) is 0 Å². The highest BCUT2D eigenvalue weighted by Gasteiger charge is 2.09. The van der Waals surface area contributed by atoms with Gasteiger partial charge in [-0.1, -0.05) is 23.4 Å². The van der Waals surface area contributed by atoms with E-state index in [-0.39, 0.29) is 0 Å². The molecule has 6 heteroatoms. The molecule has 0 aliphatic heterocycles. The van der Waals surface area contributed by atoms with Crippen LogP contribution in [-0.4, -0.2) is 19.7 Å². The lowest BCUT2D eigenvalue weighted by Crippen LogP contribution is -2.16. The van der Waals surface area contributed by atoms with Crippen molar-refractivity contribution in [2.45, 2.75) is 26.9 Å². The zero-order valence-electron chi connectivity index (χ0n) is 12.1. The number of nitrogens with one attached hydrogen (secondary N) is 1. The summed E-state index contributed by atoms with van der Waals surface area (Å²) in [5.74, 6) is 2.21. The van der Waals surface area contributed by atoms with Crippen LogP contribution in [0, 0.1) is 13.8 Å². The fourth-order valence-electron chi connectivity index (χ4n) is 2.25. The number of hydrogen-bond donors (Lipinski definition) is 1. The lowest BCUT2D eigenvalue weighted by Gasteiger charge is -2.10. The second-order valence-electron chi connectivity index (χ2n) is 4.81. The largest absolute Gasteiger partial charge is 0.338 e. The van der Waals surface area contributed by atoms with Crippen molar-refractivity contribution < 1.29 is 4.52 Å². The molecule has 0 aliphatic carbocycles. The molecule has 0 fully saturated rings. The average molecular weight is 283 g/mol. The molecule has 0 saturated carbocycles. The molecule has 21 heavy (non-hydrogen) atoms. The molecule has 1 aromatic carbocycles. The third-order valence-corrected chi connectivity index (χ3v) is 3.18. The Morgan fingerprint density at radius 1 is 1.14 bits per heavy atom. The van der Waals surface area contributed by atoms with E-state index in [1.807, 2.05) is 31.3 Å². The molecule has 0 atom stereocenters. The monoisotopic (exact) mass is 283 g/mol. The predicted molar refractivity (Wildman–Crippen MR) is 77.9 cm³/mol. The Morgan fingerprint density at radius 2 is 1.95 bits per heavy atom. The highest BCUT2D eigenvalue weighted by atomic mass is 16.5. The second kappa shape index (κ2) is 5.88. The van der Waals surface area contributed by atoms with Gasteiger partial charge < -0.3 is 9.84 Å². The normalized spacial score (nSPS) is 11.0. The number of hydrogen-bond acceptors (Lipinski definition) is 5. The van der Waals surface area contributed by atoms with Crippen LogP contribution in [0.25, 0.3) is 5.69 Å². The molecule has 0 spiro atoms. The lowest BCUT2D eigenvalue weighted by molar-refractivity contribution is 0.363. The van der Waals surface area contributed by atoms with Crippen LogP contribution in [0.1, 0.15) is 23.2 Å².